The molecule has 4 heteroatoms. The van der Waals surface area contributed by atoms with Crippen molar-refractivity contribution in [1.82, 2.24) is 9.88 Å². The minimum atomic E-state index is -0.00727. The highest BCUT2D eigenvalue weighted by atomic mass is 16.2. The first kappa shape index (κ1) is 14.1. The number of hydrogen-bond acceptors (Lipinski definition) is 3. The number of hydrogen-bond donors (Lipinski definition) is 1. The maximum absolute atomic E-state index is 12.4. The summed E-state index contributed by atoms with van der Waals surface area (Å²) >= 11 is 0. The first-order chi connectivity index (χ1) is 9.61. The monoisotopic (exact) mass is 269 g/mol. The molecular weight excluding hydrogens is 250 g/mol. The van der Waals surface area contributed by atoms with Crippen LogP contribution in [-0.2, 0) is 6.54 Å². The second-order valence-corrected chi connectivity index (χ2v) is 4.77. The molecule has 0 radical (unpaired) electrons. The highest BCUT2D eigenvalue weighted by Crippen LogP contribution is 2.13. The Kier molecular flexibility index (Phi) is 4.35. The smallest absolute Gasteiger partial charge is 0.254 e. The summed E-state index contributed by atoms with van der Waals surface area (Å²) in [6, 6.07) is 11.6. The quantitative estimate of drug-likeness (QED) is 0.928. The van der Waals surface area contributed by atoms with Crippen molar-refractivity contribution in [3.8, 4) is 0 Å². The molecule has 0 aliphatic carbocycles. The molecule has 1 heterocycles. The number of aromatic nitrogens is 1. The van der Waals surface area contributed by atoms with Gasteiger partial charge in [0.25, 0.3) is 5.91 Å². The van der Waals surface area contributed by atoms with Crippen LogP contribution in [0.1, 0.15) is 21.5 Å². The number of nitrogens with one attached hydrogen (secondary N) is 1. The normalized spacial score (nSPS) is 10.2. The van der Waals surface area contributed by atoms with E-state index in [1.807, 2.05) is 25.2 Å². The predicted molar refractivity (Wildman–Crippen MR) is 80.8 cm³/mol. The average Bonchev–Trinajstić information content (AvgIpc) is 2.48. The molecule has 0 fully saturated rings. The molecule has 0 saturated heterocycles. The molecule has 2 aromatic rings. The van der Waals surface area contributed by atoms with Gasteiger partial charge in [-0.05, 0) is 30.2 Å². The van der Waals surface area contributed by atoms with Crippen LogP contribution in [0.15, 0.2) is 42.6 Å². The highest BCUT2D eigenvalue weighted by molar-refractivity contribution is 5.94. The van der Waals surface area contributed by atoms with Crippen molar-refractivity contribution in [3.63, 3.8) is 0 Å². The van der Waals surface area contributed by atoms with Gasteiger partial charge in [-0.3, -0.25) is 4.79 Å². The van der Waals surface area contributed by atoms with Gasteiger partial charge in [0.15, 0.2) is 0 Å². The lowest BCUT2D eigenvalue weighted by Crippen LogP contribution is -2.26. The van der Waals surface area contributed by atoms with Crippen LogP contribution in [0.3, 0.4) is 0 Å². The average molecular weight is 269 g/mol. The van der Waals surface area contributed by atoms with Gasteiger partial charge >= 0.3 is 0 Å². The van der Waals surface area contributed by atoms with E-state index in [1.165, 1.54) is 5.56 Å². The van der Waals surface area contributed by atoms with Crippen LogP contribution in [0, 0.1) is 6.92 Å². The third-order valence-corrected chi connectivity index (χ3v) is 3.28. The number of anilines is 1. The van der Waals surface area contributed by atoms with E-state index in [9.17, 15) is 4.79 Å². The van der Waals surface area contributed by atoms with E-state index in [4.69, 9.17) is 0 Å². The number of benzene rings is 1. The molecule has 1 aromatic carbocycles. The Morgan fingerprint density at radius 2 is 2.05 bits per heavy atom. The number of nitrogens with zero attached hydrogens (tertiary/aromatic N) is 2. The Morgan fingerprint density at radius 1 is 1.30 bits per heavy atom. The molecule has 0 aliphatic rings. The standard InChI is InChI=1S/C16H19N3O/c1-12-6-4-5-7-14(12)11-19(3)16(20)13-8-9-18-15(10-13)17-2/h4-10H,11H2,1-3H3,(H,17,18). The lowest BCUT2D eigenvalue weighted by atomic mass is 10.1. The molecule has 0 bridgehead atoms. The number of pyridine rings is 1. The summed E-state index contributed by atoms with van der Waals surface area (Å²) in [4.78, 5) is 18.2. The van der Waals surface area contributed by atoms with Gasteiger partial charge < -0.3 is 10.2 Å². The topological polar surface area (TPSA) is 45.2 Å². The zero-order valence-corrected chi connectivity index (χ0v) is 12.1. The van der Waals surface area contributed by atoms with E-state index in [-0.39, 0.29) is 5.91 Å². The van der Waals surface area contributed by atoms with Crippen molar-refractivity contribution in [2.24, 2.45) is 0 Å². The molecule has 0 atom stereocenters. The molecule has 0 unspecified atom stereocenters. The van der Waals surface area contributed by atoms with Gasteiger partial charge in [0.05, 0.1) is 0 Å². The third-order valence-electron chi connectivity index (χ3n) is 3.28. The van der Waals surface area contributed by atoms with Gasteiger partial charge in [0.1, 0.15) is 5.82 Å². The summed E-state index contributed by atoms with van der Waals surface area (Å²) in [5.74, 6) is 0.687. The zero-order chi connectivity index (χ0) is 14.5. The van der Waals surface area contributed by atoms with E-state index < -0.39 is 0 Å². The van der Waals surface area contributed by atoms with E-state index >= 15 is 0 Å². The van der Waals surface area contributed by atoms with Crippen LogP contribution in [-0.4, -0.2) is 29.9 Å². The van der Waals surface area contributed by atoms with Crippen LogP contribution in [0.2, 0.25) is 0 Å². The number of aryl methyl sites for hydroxylation is 1. The van der Waals surface area contributed by atoms with Crippen LogP contribution >= 0.6 is 0 Å². The van der Waals surface area contributed by atoms with Crippen LogP contribution in [0.25, 0.3) is 0 Å². The van der Waals surface area contributed by atoms with E-state index in [2.05, 4.69) is 23.3 Å². The summed E-state index contributed by atoms with van der Waals surface area (Å²) in [5.41, 5.74) is 2.99. The van der Waals surface area contributed by atoms with Gasteiger partial charge in [-0.25, -0.2) is 4.98 Å². The summed E-state index contributed by atoms with van der Waals surface area (Å²) in [6.45, 7) is 2.65. The first-order valence-corrected chi connectivity index (χ1v) is 6.55. The maximum atomic E-state index is 12.4. The van der Waals surface area contributed by atoms with E-state index in [0.29, 0.717) is 17.9 Å². The number of rotatable bonds is 4. The Morgan fingerprint density at radius 3 is 2.75 bits per heavy atom. The molecule has 1 N–H and O–H groups in total. The van der Waals surface area contributed by atoms with Crippen molar-refractivity contribution in [1.29, 1.82) is 0 Å². The second kappa shape index (κ2) is 6.19. The van der Waals surface area contributed by atoms with Gasteiger partial charge in [-0.2, -0.15) is 0 Å². The largest absolute Gasteiger partial charge is 0.373 e. The maximum Gasteiger partial charge on any atom is 0.254 e. The van der Waals surface area contributed by atoms with E-state index in [1.54, 1.807) is 30.3 Å². The van der Waals surface area contributed by atoms with Crippen molar-refractivity contribution < 1.29 is 4.79 Å². The van der Waals surface area contributed by atoms with Crippen molar-refractivity contribution in [2.75, 3.05) is 19.4 Å². The Hall–Kier alpha value is -2.36. The molecule has 0 saturated carbocycles. The van der Waals surface area contributed by atoms with Gasteiger partial charge in [-0.15, -0.1) is 0 Å². The number of amides is 1. The molecule has 104 valence electrons. The van der Waals surface area contributed by atoms with Crippen molar-refractivity contribution in [2.45, 2.75) is 13.5 Å². The molecule has 0 spiro atoms. The third kappa shape index (κ3) is 3.15. The fraction of sp³-hybridized carbons (Fsp3) is 0.250. The lowest BCUT2D eigenvalue weighted by Gasteiger charge is -2.18. The Balaban J connectivity index is 2.14. The first-order valence-electron chi connectivity index (χ1n) is 6.55. The number of carbonyl (C=O) groups excluding carboxylic acids is 1. The van der Waals surface area contributed by atoms with Crippen LogP contribution < -0.4 is 5.32 Å². The van der Waals surface area contributed by atoms with Crippen molar-refractivity contribution >= 4 is 11.7 Å². The molecule has 1 aromatic heterocycles. The molecule has 0 aliphatic heterocycles. The molecule has 4 nitrogen and oxygen atoms in total. The summed E-state index contributed by atoms with van der Waals surface area (Å²) in [6.07, 6.45) is 1.64. The minimum absolute atomic E-state index is 0.00727. The number of carbonyl (C=O) groups is 1. The Labute approximate surface area is 119 Å². The van der Waals surface area contributed by atoms with Gasteiger partial charge in [0.2, 0.25) is 0 Å². The fourth-order valence-corrected chi connectivity index (χ4v) is 2.04. The van der Waals surface area contributed by atoms with Gasteiger partial charge in [-0.1, -0.05) is 24.3 Å². The van der Waals surface area contributed by atoms with Crippen LogP contribution in [0.5, 0.6) is 0 Å². The summed E-state index contributed by atoms with van der Waals surface area (Å²) in [7, 11) is 3.60. The summed E-state index contributed by atoms with van der Waals surface area (Å²) in [5, 5.41) is 2.94. The van der Waals surface area contributed by atoms with E-state index in [0.717, 1.165) is 5.56 Å². The molecule has 2 rings (SSSR count). The highest BCUT2D eigenvalue weighted by Gasteiger charge is 2.13. The SMILES string of the molecule is CNc1cc(C(=O)N(C)Cc2ccccc2C)ccn1. The van der Waals surface area contributed by atoms with Crippen LogP contribution in [0.4, 0.5) is 5.82 Å². The Bertz CT molecular complexity index is 610. The molecular formula is C16H19N3O. The minimum Gasteiger partial charge on any atom is -0.373 e. The molecule has 20 heavy (non-hydrogen) atoms. The van der Waals surface area contributed by atoms with Gasteiger partial charge in [0, 0.05) is 32.4 Å². The lowest BCUT2D eigenvalue weighted by molar-refractivity contribution is 0.0785. The summed E-state index contributed by atoms with van der Waals surface area (Å²) < 4.78 is 0. The predicted octanol–water partition coefficient (Wildman–Crippen LogP) is 2.70. The fourth-order valence-electron chi connectivity index (χ4n) is 2.04. The van der Waals surface area contributed by atoms with Crippen molar-refractivity contribution in [3.05, 3.63) is 59.3 Å². The molecule has 1 amide bonds. The second-order valence-electron chi connectivity index (χ2n) is 4.77. The zero-order valence-electron chi connectivity index (χ0n) is 12.1.